The number of carbonyl (C=O) groups is 2. The van der Waals surface area contributed by atoms with E-state index in [1.165, 1.54) is 11.3 Å². The molecule has 0 bridgehead atoms. The van der Waals surface area contributed by atoms with Gasteiger partial charge in [-0.2, -0.15) is 0 Å². The molecular weight excluding hydrogens is 460 g/mol. The van der Waals surface area contributed by atoms with E-state index in [1.54, 1.807) is 41.5 Å². The van der Waals surface area contributed by atoms with Crippen molar-refractivity contribution < 1.29 is 14.0 Å². The topological polar surface area (TPSA) is 101 Å². The van der Waals surface area contributed by atoms with Gasteiger partial charge in [0.2, 0.25) is 0 Å². The summed E-state index contributed by atoms with van der Waals surface area (Å²) in [6, 6.07) is 14.6. The van der Waals surface area contributed by atoms with Crippen molar-refractivity contribution in [2.24, 2.45) is 0 Å². The third-order valence-electron chi connectivity index (χ3n) is 5.56. The number of fused-ring (bicyclic) bond motifs is 1. The maximum Gasteiger partial charge on any atom is 0.274 e. The number of furan rings is 1. The van der Waals surface area contributed by atoms with Gasteiger partial charge in [0, 0.05) is 29.5 Å². The third-order valence-corrected chi connectivity index (χ3v) is 6.73. The van der Waals surface area contributed by atoms with E-state index in [2.05, 4.69) is 10.3 Å². The average molecular weight is 481 g/mol. The monoisotopic (exact) mass is 480 g/mol. The van der Waals surface area contributed by atoms with Gasteiger partial charge in [-0.1, -0.05) is 41.1 Å². The highest BCUT2D eigenvalue weighted by Crippen LogP contribution is 2.36. The molecule has 9 heteroatoms. The van der Waals surface area contributed by atoms with Crippen LogP contribution in [0.5, 0.6) is 0 Å². The largest absolute Gasteiger partial charge is 0.464 e. The standard InChI is InChI=1S/C24H21ClN4O3S/c25-15-4-1-3-14(13-15)21-20(28-24(26)33-21)23(31)29(16-7-8-16)11-10-27-22(30)18-5-2-6-19-17(18)9-12-32-19/h1-6,9,12-13,16H,7-8,10-11H2,(H2,26,28)(H,27,30). The smallest absolute Gasteiger partial charge is 0.274 e. The first-order chi connectivity index (χ1) is 16.0. The lowest BCUT2D eigenvalue weighted by molar-refractivity contribution is 0.0732. The Morgan fingerprint density at radius 1 is 1.21 bits per heavy atom. The molecule has 33 heavy (non-hydrogen) atoms. The summed E-state index contributed by atoms with van der Waals surface area (Å²) in [5.74, 6) is -0.394. The van der Waals surface area contributed by atoms with Crippen LogP contribution in [0.4, 0.5) is 5.13 Å². The third kappa shape index (κ3) is 4.44. The summed E-state index contributed by atoms with van der Waals surface area (Å²) in [4.78, 5) is 33.0. The Labute approximate surface area is 199 Å². The first-order valence-corrected chi connectivity index (χ1v) is 11.8. The van der Waals surface area contributed by atoms with Crippen molar-refractivity contribution in [3.8, 4) is 10.4 Å². The molecule has 2 aromatic heterocycles. The molecular formula is C24H21ClN4O3S. The SMILES string of the molecule is Nc1nc(C(=O)N(CCNC(=O)c2cccc3occc23)C2CC2)c(-c2cccc(Cl)c2)s1. The molecule has 1 aliphatic carbocycles. The molecule has 2 aromatic carbocycles. The molecule has 168 valence electrons. The number of carbonyl (C=O) groups excluding carboxylic acids is 2. The van der Waals surface area contributed by atoms with Gasteiger partial charge in [0.05, 0.1) is 16.7 Å². The lowest BCUT2D eigenvalue weighted by atomic mass is 10.1. The summed E-state index contributed by atoms with van der Waals surface area (Å²) >= 11 is 7.41. The molecule has 0 atom stereocenters. The van der Waals surface area contributed by atoms with Gasteiger partial charge in [0.1, 0.15) is 11.3 Å². The Balaban J connectivity index is 1.32. The Morgan fingerprint density at radius 2 is 2.03 bits per heavy atom. The number of hydrogen-bond donors (Lipinski definition) is 2. The van der Waals surface area contributed by atoms with E-state index in [4.69, 9.17) is 21.8 Å². The quantitative estimate of drug-likeness (QED) is 0.394. The molecule has 2 amide bonds. The van der Waals surface area contributed by atoms with Crippen LogP contribution in [0.25, 0.3) is 21.4 Å². The van der Waals surface area contributed by atoms with Gasteiger partial charge in [-0.15, -0.1) is 0 Å². The molecule has 4 aromatic rings. The summed E-state index contributed by atoms with van der Waals surface area (Å²) in [5, 5.41) is 4.58. The lowest BCUT2D eigenvalue weighted by Crippen LogP contribution is -2.40. The fraction of sp³-hybridized carbons (Fsp3) is 0.208. The molecule has 0 unspecified atom stereocenters. The van der Waals surface area contributed by atoms with Gasteiger partial charge in [0.15, 0.2) is 5.13 Å². The van der Waals surface area contributed by atoms with Gasteiger partial charge < -0.3 is 20.4 Å². The number of rotatable bonds is 7. The summed E-state index contributed by atoms with van der Waals surface area (Å²) in [7, 11) is 0. The molecule has 1 saturated carbocycles. The van der Waals surface area contributed by atoms with E-state index in [9.17, 15) is 9.59 Å². The number of amides is 2. The Bertz CT molecular complexity index is 1340. The zero-order valence-electron chi connectivity index (χ0n) is 17.6. The highest BCUT2D eigenvalue weighted by molar-refractivity contribution is 7.19. The zero-order valence-corrected chi connectivity index (χ0v) is 19.2. The molecule has 7 nitrogen and oxygen atoms in total. The number of nitrogens with zero attached hydrogens (tertiary/aromatic N) is 2. The Hall–Kier alpha value is -3.36. The number of benzene rings is 2. The molecule has 0 radical (unpaired) electrons. The van der Waals surface area contributed by atoms with Crippen LogP contribution in [0, 0.1) is 0 Å². The normalized spacial score (nSPS) is 13.2. The lowest BCUT2D eigenvalue weighted by Gasteiger charge is -2.22. The number of anilines is 1. The summed E-state index contributed by atoms with van der Waals surface area (Å²) in [6.07, 6.45) is 3.42. The number of nitrogens with two attached hydrogens (primary N) is 1. The molecule has 0 aliphatic heterocycles. The predicted octanol–water partition coefficient (Wildman–Crippen LogP) is 4.83. The summed E-state index contributed by atoms with van der Waals surface area (Å²) in [6.45, 7) is 0.699. The minimum absolute atomic E-state index is 0.141. The average Bonchev–Trinajstić information content (AvgIpc) is 3.38. The summed E-state index contributed by atoms with van der Waals surface area (Å²) < 4.78 is 5.37. The van der Waals surface area contributed by atoms with Crippen molar-refractivity contribution in [2.45, 2.75) is 18.9 Å². The van der Waals surface area contributed by atoms with Crippen LogP contribution in [0.3, 0.4) is 0 Å². The molecule has 0 spiro atoms. The second-order valence-corrected chi connectivity index (χ2v) is 9.33. The van der Waals surface area contributed by atoms with Crippen LogP contribution < -0.4 is 11.1 Å². The number of nitrogens with one attached hydrogen (secondary N) is 1. The van der Waals surface area contributed by atoms with Crippen molar-refractivity contribution >= 4 is 50.9 Å². The fourth-order valence-electron chi connectivity index (χ4n) is 3.86. The van der Waals surface area contributed by atoms with Crippen molar-refractivity contribution in [3.63, 3.8) is 0 Å². The van der Waals surface area contributed by atoms with Gasteiger partial charge in [-0.3, -0.25) is 9.59 Å². The van der Waals surface area contributed by atoms with Gasteiger partial charge in [-0.05, 0) is 48.7 Å². The molecule has 1 aliphatic rings. The van der Waals surface area contributed by atoms with Gasteiger partial charge in [0.25, 0.3) is 11.8 Å². The number of nitrogen functional groups attached to an aromatic ring is 1. The van der Waals surface area contributed by atoms with Crippen LogP contribution in [0.15, 0.2) is 59.2 Å². The van der Waals surface area contributed by atoms with Crippen molar-refractivity contribution in [2.75, 3.05) is 18.8 Å². The Morgan fingerprint density at radius 3 is 2.82 bits per heavy atom. The van der Waals surface area contributed by atoms with Crippen molar-refractivity contribution in [3.05, 3.63) is 71.1 Å². The minimum Gasteiger partial charge on any atom is -0.464 e. The van der Waals surface area contributed by atoms with Crippen LogP contribution >= 0.6 is 22.9 Å². The number of aromatic nitrogens is 1. The first kappa shape index (κ1) is 21.5. The van der Waals surface area contributed by atoms with E-state index in [1.807, 2.05) is 18.2 Å². The second-order valence-electron chi connectivity index (χ2n) is 7.86. The van der Waals surface area contributed by atoms with E-state index in [0.29, 0.717) is 45.0 Å². The maximum atomic E-state index is 13.5. The van der Waals surface area contributed by atoms with Crippen LogP contribution in [0.1, 0.15) is 33.7 Å². The summed E-state index contributed by atoms with van der Waals surface area (Å²) in [5.41, 5.74) is 8.29. The maximum absolute atomic E-state index is 13.5. The van der Waals surface area contributed by atoms with E-state index in [0.717, 1.165) is 23.8 Å². The second kappa shape index (κ2) is 8.88. The van der Waals surface area contributed by atoms with E-state index < -0.39 is 0 Å². The van der Waals surface area contributed by atoms with Gasteiger partial charge >= 0.3 is 0 Å². The Kier molecular flexibility index (Phi) is 5.78. The molecule has 0 saturated heterocycles. The zero-order chi connectivity index (χ0) is 22.9. The molecule has 2 heterocycles. The van der Waals surface area contributed by atoms with Crippen LogP contribution in [-0.2, 0) is 0 Å². The fourth-order valence-corrected chi connectivity index (χ4v) is 4.87. The van der Waals surface area contributed by atoms with Crippen molar-refractivity contribution in [1.29, 1.82) is 0 Å². The molecule has 1 fully saturated rings. The van der Waals surface area contributed by atoms with Crippen molar-refractivity contribution in [1.82, 2.24) is 15.2 Å². The van der Waals surface area contributed by atoms with Gasteiger partial charge in [-0.25, -0.2) is 4.98 Å². The highest BCUT2D eigenvalue weighted by Gasteiger charge is 2.35. The number of thiazole rings is 1. The van der Waals surface area contributed by atoms with Crippen LogP contribution in [-0.4, -0.2) is 40.8 Å². The van der Waals surface area contributed by atoms with Crippen LogP contribution in [0.2, 0.25) is 5.02 Å². The number of hydrogen-bond acceptors (Lipinski definition) is 6. The molecule has 5 rings (SSSR count). The minimum atomic E-state index is -0.206. The van der Waals surface area contributed by atoms with E-state index in [-0.39, 0.29) is 17.9 Å². The first-order valence-electron chi connectivity index (χ1n) is 10.6. The molecule has 3 N–H and O–H groups in total. The predicted molar refractivity (Wildman–Crippen MR) is 130 cm³/mol. The number of halogens is 1. The highest BCUT2D eigenvalue weighted by atomic mass is 35.5. The van der Waals surface area contributed by atoms with E-state index >= 15 is 0 Å².